The van der Waals surface area contributed by atoms with Gasteiger partial charge in [0.2, 0.25) is 5.91 Å². The maximum Gasteiger partial charge on any atom is 0.224 e. The van der Waals surface area contributed by atoms with Gasteiger partial charge in [-0.3, -0.25) is 4.79 Å². The molecule has 29 heavy (non-hydrogen) atoms. The molecule has 0 aliphatic carbocycles. The summed E-state index contributed by atoms with van der Waals surface area (Å²) in [6.07, 6.45) is 2.38. The van der Waals surface area contributed by atoms with Crippen LogP contribution in [0.1, 0.15) is 29.5 Å². The van der Waals surface area contributed by atoms with Gasteiger partial charge < -0.3 is 20.1 Å². The van der Waals surface area contributed by atoms with Crippen molar-refractivity contribution < 1.29 is 14.3 Å². The molecular weight excluding hydrogens is 364 g/mol. The Morgan fingerprint density at radius 3 is 2.69 bits per heavy atom. The molecule has 5 nitrogen and oxygen atoms in total. The molecule has 3 rings (SSSR count). The molecule has 1 heterocycles. The Balaban J connectivity index is 1.52. The molecule has 2 N–H and O–H groups in total. The molecule has 5 heteroatoms. The molecule has 0 saturated carbocycles. The Morgan fingerprint density at radius 2 is 1.93 bits per heavy atom. The lowest BCUT2D eigenvalue weighted by molar-refractivity contribution is -0.121. The summed E-state index contributed by atoms with van der Waals surface area (Å²) in [5, 5.41) is 6.50. The molecule has 1 fully saturated rings. The van der Waals surface area contributed by atoms with Crippen LogP contribution < -0.4 is 15.4 Å². The third kappa shape index (κ3) is 6.31. The van der Waals surface area contributed by atoms with Crippen LogP contribution in [0.4, 0.5) is 0 Å². The summed E-state index contributed by atoms with van der Waals surface area (Å²) in [6.45, 7) is 5.88. The van der Waals surface area contributed by atoms with E-state index in [1.54, 1.807) is 7.11 Å². The summed E-state index contributed by atoms with van der Waals surface area (Å²) in [7, 11) is 1.73. The van der Waals surface area contributed by atoms with Crippen molar-refractivity contribution in [3.63, 3.8) is 0 Å². The number of aryl methyl sites for hydroxylation is 1. The summed E-state index contributed by atoms with van der Waals surface area (Å²) in [4.78, 5) is 12.5. The predicted molar refractivity (Wildman–Crippen MR) is 115 cm³/mol. The number of benzene rings is 2. The molecule has 1 saturated heterocycles. The molecule has 2 aromatic carbocycles. The Kier molecular flexibility index (Phi) is 7.67. The van der Waals surface area contributed by atoms with E-state index in [9.17, 15) is 4.79 Å². The maximum absolute atomic E-state index is 12.5. The number of carbonyl (C=O) groups excluding carboxylic acids is 1. The van der Waals surface area contributed by atoms with Crippen LogP contribution in [0.25, 0.3) is 0 Å². The van der Waals surface area contributed by atoms with E-state index in [0.717, 1.165) is 37.2 Å². The van der Waals surface area contributed by atoms with Crippen molar-refractivity contribution in [2.24, 2.45) is 5.41 Å². The number of rotatable bonds is 9. The molecule has 2 aromatic rings. The molecule has 0 bridgehead atoms. The third-order valence-electron chi connectivity index (χ3n) is 5.69. The van der Waals surface area contributed by atoms with E-state index in [2.05, 4.69) is 29.7 Å². The van der Waals surface area contributed by atoms with Gasteiger partial charge in [-0.1, -0.05) is 36.4 Å². The number of carbonyl (C=O) groups is 1. The van der Waals surface area contributed by atoms with Gasteiger partial charge in [0.25, 0.3) is 0 Å². The highest BCUT2D eigenvalue weighted by Gasteiger charge is 2.32. The lowest BCUT2D eigenvalue weighted by Crippen LogP contribution is -2.47. The van der Waals surface area contributed by atoms with Crippen molar-refractivity contribution in [2.45, 2.75) is 32.8 Å². The predicted octanol–water partition coefficient (Wildman–Crippen LogP) is 3.25. The average Bonchev–Trinajstić information content (AvgIpc) is 2.73. The summed E-state index contributed by atoms with van der Waals surface area (Å²) < 4.78 is 11.4. The largest absolute Gasteiger partial charge is 0.489 e. The highest BCUT2D eigenvalue weighted by Crippen LogP contribution is 2.28. The summed E-state index contributed by atoms with van der Waals surface area (Å²) in [5.41, 5.74) is 3.37. The SMILES string of the molecule is COCC1(CNC(=O)Cc2cccc(OCc3ccccc3C)c2)CCNCC1. The Hall–Kier alpha value is -2.37. The highest BCUT2D eigenvalue weighted by molar-refractivity contribution is 5.78. The number of nitrogens with one attached hydrogen (secondary N) is 2. The fraction of sp³-hybridized carbons (Fsp3) is 0.458. The summed E-state index contributed by atoms with van der Waals surface area (Å²) in [5.74, 6) is 0.822. The van der Waals surface area contributed by atoms with Crippen LogP contribution >= 0.6 is 0 Å². The average molecular weight is 397 g/mol. The van der Waals surface area contributed by atoms with Crippen molar-refractivity contribution in [1.82, 2.24) is 10.6 Å². The molecule has 1 amide bonds. The second-order valence-electron chi connectivity index (χ2n) is 8.00. The van der Waals surface area contributed by atoms with Crippen LogP contribution in [0.3, 0.4) is 0 Å². The minimum absolute atomic E-state index is 0.0359. The first kappa shape index (κ1) is 21.3. The summed E-state index contributed by atoms with van der Waals surface area (Å²) in [6, 6.07) is 16.0. The highest BCUT2D eigenvalue weighted by atomic mass is 16.5. The molecule has 0 atom stereocenters. The van der Waals surface area contributed by atoms with Crippen molar-refractivity contribution in [3.8, 4) is 5.75 Å². The van der Waals surface area contributed by atoms with E-state index in [4.69, 9.17) is 9.47 Å². The molecular formula is C24H32N2O3. The fourth-order valence-corrected chi connectivity index (χ4v) is 3.85. The van der Waals surface area contributed by atoms with Crippen molar-refractivity contribution in [1.29, 1.82) is 0 Å². The van der Waals surface area contributed by atoms with E-state index in [1.165, 1.54) is 11.1 Å². The number of ether oxygens (including phenoxy) is 2. The monoisotopic (exact) mass is 396 g/mol. The van der Waals surface area contributed by atoms with Crippen molar-refractivity contribution in [3.05, 3.63) is 65.2 Å². The topological polar surface area (TPSA) is 59.6 Å². The molecule has 0 spiro atoms. The summed E-state index contributed by atoms with van der Waals surface area (Å²) >= 11 is 0. The van der Waals surface area contributed by atoms with Crippen molar-refractivity contribution in [2.75, 3.05) is 33.4 Å². The lowest BCUT2D eigenvalue weighted by atomic mass is 9.79. The first-order valence-corrected chi connectivity index (χ1v) is 10.3. The minimum Gasteiger partial charge on any atom is -0.489 e. The van der Waals surface area contributed by atoms with E-state index in [-0.39, 0.29) is 11.3 Å². The van der Waals surface area contributed by atoms with Crippen LogP contribution in [-0.2, 0) is 22.6 Å². The second-order valence-corrected chi connectivity index (χ2v) is 8.00. The minimum atomic E-state index is 0.0359. The lowest BCUT2D eigenvalue weighted by Gasteiger charge is -2.37. The molecule has 0 aromatic heterocycles. The van der Waals surface area contributed by atoms with E-state index in [1.807, 2.05) is 36.4 Å². The van der Waals surface area contributed by atoms with Crippen LogP contribution in [0, 0.1) is 12.3 Å². The van der Waals surface area contributed by atoms with Gasteiger partial charge in [-0.15, -0.1) is 0 Å². The van der Waals surface area contributed by atoms with Gasteiger partial charge in [0.1, 0.15) is 12.4 Å². The van der Waals surface area contributed by atoms with Gasteiger partial charge >= 0.3 is 0 Å². The Labute approximate surface area is 173 Å². The number of piperidine rings is 1. The smallest absolute Gasteiger partial charge is 0.224 e. The Bertz CT molecular complexity index is 795. The zero-order valence-electron chi connectivity index (χ0n) is 17.5. The van der Waals surface area contributed by atoms with E-state index >= 15 is 0 Å². The number of hydrogen-bond acceptors (Lipinski definition) is 4. The van der Waals surface area contributed by atoms with Crippen LogP contribution in [0.2, 0.25) is 0 Å². The third-order valence-corrected chi connectivity index (χ3v) is 5.69. The fourth-order valence-electron chi connectivity index (χ4n) is 3.85. The van der Waals surface area contributed by atoms with E-state index < -0.39 is 0 Å². The standard InChI is InChI=1S/C24H32N2O3/c1-19-6-3-4-8-21(19)16-29-22-9-5-7-20(14-22)15-23(27)26-17-24(18-28-2)10-12-25-13-11-24/h3-9,14,25H,10-13,15-18H2,1-2H3,(H,26,27). The molecule has 1 aliphatic rings. The number of amides is 1. The van der Waals surface area contributed by atoms with Crippen LogP contribution in [0.5, 0.6) is 5.75 Å². The normalized spacial score (nSPS) is 15.7. The zero-order chi connectivity index (χ0) is 20.5. The van der Waals surface area contributed by atoms with Crippen LogP contribution in [-0.4, -0.2) is 39.3 Å². The molecule has 0 unspecified atom stereocenters. The first-order chi connectivity index (χ1) is 14.1. The number of methoxy groups -OCH3 is 1. The number of hydrogen-bond donors (Lipinski definition) is 2. The zero-order valence-corrected chi connectivity index (χ0v) is 17.5. The van der Waals surface area contributed by atoms with Gasteiger partial charge in [0.15, 0.2) is 0 Å². The molecule has 0 radical (unpaired) electrons. The van der Waals surface area contributed by atoms with Gasteiger partial charge in [-0.2, -0.15) is 0 Å². The Morgan fingerprint density at radius 1 is 1.14 bits per heavy atom. The quantitative estimate of drug-likeness (QED) is 0.683. The van der Waals surface area contributed by atoms with Gasteiger partial charge in [0, 0.05) is 19.1 Å². The molecule has 156 valence electrons. The second kappa shape index (κ2) is 10.4. The van der Waals surface area contributed by atoms with Gasteiger partial charge in [-0.05, 0) is 61.7 Å². The van der Waals surface area contributed by atoms with Crippen molar-refractivity contribution >= 4 is 5.91 Å². The van der Waals surface area contributed by atoms with Gasteiger partial charge in [-0.25, -0.2) is 0 Å². The molecule has 1 aliphatic heterocycles. The van der Waals surface area contributed by atoms with Crippen LogP contribution in [0.15, 0.2) is 48.5 Å². The van der Waals surface area contributed by atoms with E-state index in [0.29, 0.717) is 26.2 Å². The van der Waals surface area contributed by atoms with Gasteiger partial charge in [0.05, 0.1) is 13.0 Å². The first-order valence-electron chi connectivity index (χ1n) is 10.3. The maximum atomic E-state index is 12.5.